The Bertz CT molecular complexity index is 237. The van der Waals surface area contributed by atoms with Crippen LogP contribution in [0.5, 0.6) is 0 Å². The molecule has 2 rings (SSSR count). The van der Waals surface area contributed by atoms with Crippen molar-refractivity contribution in [2.24, 2.45) is 0 Å². The molecular weight excluding hydrogens is 218 g/mol. The van der Waals surface area contributed by atoms with Crippen molar-refractivity contribution < 1.29 is 14.6 Å². The summed E-state index contributed by atoms with van der Waals surface area (Å²) >= 11 is 0. The molecule has 0 spiro atoms. The molecule has 100 valence electrons. The minimum absolute atomic E-state index is 0.143. The summed E-state index contributed by atoms with van der Waals surface area (Å²) in [5.74, 6) is 0. The third-order valence-electron chi connectivity index (χ3n) is 4.06. The Morgan fingerprint density at radius 3 is 2.65 bits per heavy atom. The number of methoxy groups -OCH3 is 1. The number of aliphatic hydroxyl groups is 1. The maximum Gasteiger partial charge on any atom is 0.0986 e. The van der Waals surface area contributed by atoms with E-state index in [-0.39, 0.29) is 24.4 Å². The maximum absolute atomic E-state index is 9.93. The van der Waals surface area contributed by atoms with Gasteiger partial charge >= 0.3 is 0 Å². The van der Waals surface area contributed by atoms with E-state index in [4.69, 9.17) is 9.47 Å². The first-order valence-electron chi connectivity index (χ1n) is 6.84. The Kier molecular flexibility index (Phi) is 4.79. The van der Waals surface area contributed by atoms with Crippen molar-refractivity contribution in [2.45, 2.75) is 69.4 Å². The van der Waals surface area contributed by atoms with Gasteiger partial charge < -0.3 is 19.9 Å². The highest BCUT2D eigenvalue weighted by molar-refractivity contribution is 4.99. The number of rotatable bonds is 5. The van der Waals surface area contributed by atoms with Crippen LogP contribution in [0.3, 0.4) is 0 Å². The van der Waals surface area contributed by atoms with Gasteiger partial charge in [-0.05, 0) is 26.2 Å². The van der Waals surface area contributed by atoms with Crippen LogP contribution in [0.4, 0.5) is 0 Å². The fourth-order valence-corrected chi connectivity index (χ4v) is 3.02. The lowest BCUT2D eigenvalue weighted by atomic mass is 9.82. The van der Waals surface area contributed by atoms with Gasteiger partial charge in [0.05, 0.1) is 18.3 Å². The molecule has 2 aliphatic rings. The Hall–Kier alpha value is -0.160. The van der Waals surface area contributed by atoms with E-state index in [9.17, 15) is 5.11 Å². The van der Waals surface area contributed by atoms with Gasteiger partial charge in [0.25, 0.3) is 0 Å². The van der Waals surface area contributed by atoms with E-state index in [0.717, 1.165) is 32.3 Å². The van der Waals surface area contributed by atoms with Gasteiger partial charge in [-0.1, -0.05) is 12.8 Å². The highest BCUT2D eigenvalue weighted by Crippen LogP contribution is 2.29. The molecule has 5 atom stereocenters. The summed E-state index contributed by atoms with van der Waals surface area (Å²) in [6.45, 7) is 2.75. The normalized spacial score (nSPS) is 42.2. The Morgan fingerprint density at radius 1 is 1.24 bits per heavy atom. The van der Waals surface area contributed by atoms with Gasteiger partial charge in [-0.3, -0.25) is 0 Å². The second-order valence-corrected chi connectivity index (χ2v) is 5.16. The summed E-state index contributed by atoms with van der Waals surface area (Å²) in [7, 11) is 1.74. The molecule has 0 amide bonds. The number of hydrogen-bond acceptors (Lipinski definition) is 4. The zero-order valence-electron chi connectivity index (χ0n) is 10.9. The van der Waals surface area contributed by atoms with Crippen LogP contribution in [0.25, 0.3) is 0 Å². The van der Waals surface area contributed by atoms with Crippen molar-refractivity contribution >= 4 is 0 Å². The van der Waals surface area contributed by atoms with Crippen LogP contribution in [-0.4, -0.2) is 49.2 Å². The summed E-state index contributed by atoms with van der Waals surface area (Å²) in [5.41, 5.74) is 0. The van der Waals surface area contributed by atoms with Gasteiger partial charge in [0, 0.05) is 25.8 Å². The molecular formula is C13H25NO3. The van der Waals surface area contributed by atoms with Crippen molar-refractivity contribution in [1.29, 1.82) is 0 Å². The first kappa shape index (κ1) is 13.3. The number of hydrogen-bond donors (Lipinski definition) is 2. The maximum atomic E-state index is 9.93. The van der Waals surface area contributed by atoms with Crippen LogP contribution in [0, 0.1) is 0 Å². The van der Waals surface area contributed by atoms with E-state index in [1.165, 1.54) is 6.42 Å². The number of aliphatic hydroxyl groups excluding tert-OH is 1. The van der Waals surface area contributed by atoms with Crippen LogP contribution in [-0.2, 0) is 9.47 Å². The lowest BCUT2D eigenvalue weighted by Gasteiger charge is -2.46. The summed E-state index contributed by atoms with van der Waals surface area (Å²) in [5, 5.41) is 13.5. The van der Waals surface area contributed by atoms with E-state index < -0.39 is 0 Å². The Labute approximate surface area is 104 Å². The molecule has 4 heteroatoms. The third kappa shape index (κ3) is 2.99. The Balaban J connectivity index is 1.79. The van der Waals surface area contributed by atoms with Crippen LogP contribution < -0.4 is 5.32 Å². The molecule has 0 aromatic carbocycles. The van der Waals surface area contributed by atoms with Crippen LogP contribution in [0.2, 0.25) is 0 Å². The SMILES string of the molecule is CCOC1CC(NC2CCCCC2O)C1OC. The topological polar surface area (TPSA) is 50.7 Å². The standard InChI is InChI=1S/C13H25NO3/c1-3-17-12-8-10(13(12)16-2)14-9-6-4-5-7-11(9)15/h9-15H,3-8H2,1-2H3. The predicted molar refractivity (Wildman–Crippen MR) is 66.0 cm³/mol. The zero-order valence-corrected chi connectivity index (χ0v) is 10.9. The fourth-order valence-electron chi connectivity index (χ4n) is 3.02. The molecule has 2 fully saturated rings. The first-order valence-corrected chi connectivity index (χ1v) is 6.84. The van der Waals surface area contributed by atoms with Crippen LogP contribution in [0.15, 0.2) is 0 Å². The van der Waals surface area contributed by atoms with Gasteiger partial charge in [-0.15, -0.1) is 0 Å². The molecule has 0 heterocycles. The minimum atomic E-state index is -0.188. The molecule has 0 saturated heterocycles. The van der Waals surface area contributed by atoms with Crippen molar-refractivity contribution in [1.82, 2.24) is 5.32 Å². The van der Waals surface area contributed by atoms with Crippen molar-refractivity contribution in [3.05, 3.63) is 0 Å². The largest absolute Gasteiger partial charge is 0.392 e. The van der Waals surface area contributed by atoms with E-state index in [0.29, 0.717) is 6.04 Å². The van der Waals surface area contributed by atoms with Gasteiger partial charge in [0.1, 0.15) is 0 Å². The molecule has 2 N–H and O–H groups in total. The lowest BCUT2D eigenvalue weighted by Crippen LogP contribution is -2.63. The van der Waals surface area contributed by atoms with Gasteiger partial charge in [-0.2, -0.15) is 0 Å². The molecule has 0 aromatic rings. The van der Waals surface area contributed by atoms with E-state index in [1.54, 1.807) is 7.11 Å². The summed E-state index contributed by atoms with van der Waals surface area (Å²) in [6, 6.07) is 0.586. The van der Waals surface area contributed by atoms with E-state index >= 15 is 0 Å². The zero-order chi connectivity index (χ0) is 12.3. The second kappa shape index (κ2) is 6.14. The first-order chi connectivity index (χ1) is 8.26. The average Bonchev–Trinajstić information content (AvgIpc) is 2.30. The van der Waals surface area contributed by atoms with Crippen molar-refractivity contribution in [2.75, 3.05) is 13.7 Å². The van der Waals surface area contributed by atoms with E-state index in [2.05, 4.69) is 5.32 Å². The molecule has 4 nitrogen and oxygen atoms in total. The fraction of sp³-hybridized carbons (Fsp3) is 1.00. The monoisotopic (exact) mass is 243 g/mol. The minimum Gasteiger partial charge on any atom is -0.392 e. The molecule has 2 saturated carbocycles. The third-order valence-corrected chi connectivity index (χ3v) is 4.06. The number of nitrogens with one attached hydrogen (secondary N) is 1. The molecule has 0 radical (unpaired) electrons. The van der Waals surface area contributed by atoms with Crippen LogP contribution >= 0.6 is 0 Å². The molecule has 17 heavy (non-hydrogen) atoms. The van der Waals surface area contributed by atoms with Gasteiger partial charge in [0.15, 0.2) is 0 Å². The second-order valence-electron chi connectivity index (χ2n) is 5.16. The molecule has 5 unspecified atom stereocenters. The molecule has 0 aromatic heterocycles. The smallest absolute Gasteiger partial charge is 0.0986 e. The highest BCUT2D eigenvalue weighted by atomic mass is 16.5. The highest BCUT2D eigenvalue weighted by Gasteiger charge is 2.43. The van der Waals surface area contributed by atoms with Crippen LogP contribution in [0.1, 0.15) is 39.0 Å². The lowest BCUT2D eigenvalue weighted by molar-refractivity contribution is -0.136. The number of ether oxygens (including phenoxy) is 2. The predicted octanol–water partition coefficient (Wildman–Crippen LogP) is 1.07. The van der Waals surface area contributed by atoms with Crippen molar-refractivity contribution in [3.8, 4) is 0 Å². The summed E-state index contributed by atoms with van der Waals surface area (Å²) in [4.78, 5) is 0. The molecule has 0 aliphatic heterocycles. The Morgan fingerprint density at radius 2 is 2.00 bits per heavy atom. The molecule has 2 aliphatic carbocycles. The van der Waals surface area contributed by atoms with E-state index in [1.807, 2.05) is 6.92 Å². The molecule has 0 bridgehead atoms. The van der Waals surface area contributed by atoms with Gasteiger partial charge in [0.2, 0.25) is 0 Å². The summed E-state index contributed by atoms with van der Waals surface area (Å²) < 4.78 is 11.1. The summed E-state index contributed by atoms with van der Waals surface area (Å²) in [6.07, 6.45) is 5.55. The van der Waals surface area contributed by atoms with Gasteiger partial charge in [-0.25, -0.2) is 0 Å². The van der Waals surface area contributed by atoms with Crippen molar-refractivity contribution in [3.63, 3.8) is 0 Å². The quantitative estimate of drug-likeness (QED) is 0.758. The average molecular weight is 243 g/mol.